The zero-order chi connectivity index (χ0) is 13.0. The van der Waals surface area contributed by atoms with Gasteiger partial charge in [-0.25, -0.2) is 4.79 Å². The summed E-state index contributed by atoms with van der Waals surface area (Å²) in [5.41, 5.74) is 0.798. The number of aliphatic carboxylic acids is 1. The average molecular weight is 244 g/mol. The normalized spacial score (nSPS) is 12.2. The lowest BCUT2D eigenvalue weighted by molar-refractivity contribution is -0.136. The Hall–Kier alpha value is -2.49. The molecular formula is C14H12O4. The van der Waals surface area contributed by atoms with Gasteiger partial charge >= 0.3 is 5.97 Å². The van der Waals surface area contributed by atoms with Crippen LogP contribution in [0.2, 0.25) is 0 Å². The fourth-order valence-corrected chi connectivity index (χ4v) is 1.54. The van der Waals surface area contributed by atoms with Gasteiger partial charge in [0.05, 0.1) is 7.11 Å². The first-order valence-electron chi connectivity index (χ1n) is 5.35. The van der Waals surface area contributed by atoms with Crippen molar-refractivity contribution in [3.05, 3.63) is 54.0 Å². The Morgan fingerprint density at radius 2 is 2.17 bits per heavy atom. The molecule has 18 heavy (non-hydrogen) atoms. The van der Waals surface area contributed by atoms with Crippen LogP contribution in [0.3, 0.4) is 0 Å². The number of benzene rings is 1. The highest BCUT2D eigenvalue weighted by Gasteiger charge is 2.04. The van der Waals surface area contributed by atoms with Gasteiger partial charge in [0.15, 0.2) is 0 Å². The molecule has 0 amide bonds. The summed E-state index contributed by atoms with van der Waals surface area (Å²) in [4.78, 5) is 10.7. The number of furan rings is 1. The van der Waals surface area contributed by atoms with E-state index in [4.69, 9.17) is 9.52 Å². The molecule has 0 saturated heterocycles. The lowest BCUT2D eigenvalue weighted by Crippen LogP contribution is -2.01. The summed E-state index contributed by atoms with van der Waals surface area (Å²) < 4.78 is 10.2. The van der Waals surface area contributed by atoms with E-state index in [1.807, 2.05) is 30.3 Å². The van der Waals surface area contributed by atoms with Crippen molar-refractivity contribution in [3.8, 4) is 0 Å². The van der Waals surface area contributed by atoms with Crippen LogP contribution in [0.25, 0.3) is 17.0 Å². The lowest BCUT2D eigenvalue weighted by Gasteiger charge is -1.96. The molecule has 0 atom stereocenters. The molecule has 0 fully saturated rings. The van der Waals surface area contributed by atoms with Crippen molar-refractivity contribution >= 4 is 23.0 Å². The van der Waals surface area contributed by atoms with Gasteiger partial charge in [-0.3, -0.25) is 0 Å². The van der Waals surface area contributed by atoms with Crippen LogP contribution in [-0.2, 0) is 9.53 Å². The van der Waals surface area contributed by atoms with Crippen LogP contribution >= 0.6 is 0 Å². The van der Waals surface area contributed by atoms with Gasteiger partial charge in [0.2, 0.25) is 5.76 Å². The third-order valence-corrected chi connectivity index (χ3v) is 2.38. The Morgan fingerprint density at radius 3 is 2.83 bits per heavy atom. The summed E-state index contributed by atoms with van der Waals surface area (Å²) >= 11 is 0. The molecule has 1 heterocycles. The predicted octanol–water partition coefficient (Wildman–Crippen LogP) is 3.06. The number of carbonyl (C=O) groups is 1. The number of para-hydroxylation sites is 1. The second-order valence-electron chi connectivity index (χ2n) is 3.59. The first-order valence-corrected chi connectivity index (χ1v) is 5.35. The van der Waals surface area contributed by atoms with Crippen LogP contribution in [0, 0.1) is 0 Å². The van der Waals surface area contributed by atoms with Gasteiger partial charge in [-0.05, 0) is 24.3 Å². The molecule has 0 saturated carbocycles. The van der Waals surface area contributed by atoms with Gasteiger partial charge in [0, 0.05) is 5.39 Å². The Morgan fingerprint density at radius 1 is 1.39 bits per heavy atom. The quantitative estimate of drug-likeness (QED) is 0.510. The van der Waals surface area contributed by atoms with Gasteiger partial charge < -0.3 is 14.3 Å². The zero-order valence-corrected chi connectivity index (χ0v) is 9.79. The smallest absolute Gasteiger partial charge is 0.371 e. The SMILES string of the molecule is COC(=CC=Cc1cc2ccccc2o1)C(=O)O. The fraction of sp³-hybridized carbons (Fsp3) is 0.0714. The number of hydrogen-bond acceptors (Lipinski definition) is 3. The van der Waals surface area contributed by atoms with E-state index in [-0.39, 0.29) is 5.76 Å². The molecule has 0 aliphatic heterocycles. The van der Waals surface area contributed by atoms with Crippen molar-refractivity contribution in [2.45, 2.75) is 0 Å². The minimum Gasteiger partial charge on any atom is -0.490 e. The van der Waals surface area contributed by atoms with E-state index in [2.05, 4.69) is 4.74 Å². The maximum absolute atomic E-state index is 10.7. The second kappa shape index (κ2) is 5.23. The molecule has 0 unspecified atom stereocenters. The standard InChI is InChI=1S/C14H12O4/c1-17-13(14(15)16)8-4-6-11-9-10-5-2-3-7-12(10)18-11/h2-9H,1H3,(H,15,16). The molecule has 2 rings (SSSR count). The number of fused-ring (bicyclic) bond motifs is 1. The molecule has 1 N–H and O–H groups in total. The summed E-state index contributed by atoms with van der Waals surface area (Å²) in [6.45, 7) is 0. The molecule has 4 nitrogen and oxygen atoms in total. The molecular weight excluding hydrogens is 232 g/mol. The zero-order valence-electron chi connectivity index (χ0n) is 9.79. The molecule has 0 spiro atoms. The highest BCUT2D eigenvalue weighted by molar-refractivity contribution is 5.85. The van der Waals surface area contributed by atoms with E-state index in [9.17, 15) is 4.79 Å². The fourth-order valence-electron chi connectivity index (χ4n) is 1.54. The van der Waals surface area contributed by atoms with Gasteiger partial charge in [-0.2, -0.15) is 0 Å². The van der Waals surface area contributed by atoms with Crippen LogP contribution < -0.4 is 0 Å². The third kappa shape index (κ3) is 2.60. The minimum atomic E-state index is -1.10. The summed E-state index contributed by atoms with van der Waals surface area (Å²) in [7, 11) is 1.31. The largest absolute Gasteiger partial charge is 0.490 e. The van der Waals surface area contributed by atoms with E-state index in [0.29, 0.717) is 5.76 Å². The van der Waals surface area contributed by atoms with Crippen LogP contribution in [0.4, 0.5) is 0 Å². The number of carboxylic acid groups (broad SMARTS) is 1. The van der Waals surface area contributed by atoms with Crippen molar-refractivity contribution in [2.24, 2.45) is 0 Å². The number of methoxy groups -OCH3 is 1. The highest BCUT2D eigenvalue weighted by atomic mass is 16.5. The van der Waals surface area contributed by atoms with E-state index < -0.39 is 5.97 Å². The Balaban J connectivity index is 2.20. The highest BCUT2D eigenvalue weighted by Crippen LogP contribution is 2.19. The Bertz CT molecular complexity index is 587. The topological polar surface area (TPSA) is 59.7 Å². The average Bonchev–Trinajstić information content (AvgIpc) is 2.76. The molecule has 1 aromatic heterocycles. The number of hydrogen-bond donors (Lipinski definition) is 1. The maximum Gasteiger partial charge on any atom is 0.371 e. The molecule has 2 aromatic rings. The minimum absolute atomic E-state index is 0.123. The Kier molecular flexibility index (Phi) is 3.48. The number of carboxylic acids is 1. The molecule has 0 aliphatic carbocycles. The first kappa shape index (κ1) is 12.0. The summed E-state index contributed by atoms with van der Waals surface area (Å²) in [5, 5.41) is 9.74. The van der Waals surface area contributed by atoms with Crippen LogP contribution in [0.1, 0.15) is 5.76 Å². The van der Waals surface area contributed by atoms with Crippen molar-refractivity contribution in [1.29, 1.82) is 0 Å². The third-order valence-electron chi connectivity index (χ3n) is 2.38. The van der Waals surface area contributed by atoms with Crippen molar-refractivity contribution < 1.29 is 19.1 Å². The van der Waals surface area contributed by atoms with Crippen LogP contribution in [0.15, 0.2) is 52.7 Å². The van der Waals surface area contributed by atoms with Gasteiger partial charge in [-0.15, -0.1) is 0 Å². The van der Waals surface area contributed by atoms with E-state index >= 15 is 0 Å². The van der Waals surface area contributed by atoms with Crippen LogP contribution in [0.5, 0.6) is 0 Å². The number of rotatable bonds is 4. The number of ether oxygens (including phenoxy) is 1. The summed E-state index contributed by atoms with van der Waals surface area (Å²) in [6, 6.07) is 9.53. The van der Waals surface area contributed by atoms with E-state index in [1.54, 1.807) is 12.2 Å². The summed E-state index contributed by atoms with van der Waals surface area (Å²) in [6.07, 6.45) is 4.63. The van der Waals surface area contributed by atoms with Gasteiger partial charge in [0.25, 0.3) is 0 Å². The molecule has 0 radical (unpaired) electrons. The van der Waals surface area contributed by atoms with Crippen molar-refractivity contribution in [2.75, 3.05) is 7.11 Å². The maximum atomic E-state index is 10.7. The Labute approximate surface area is 104 Å². The monoisotopic (exact) mass is 244 g/mol. The van der Waals surface area contributed by atoms with E-state index in [1.165, 1.54) is 13.2 Å². The predicted molar refractivity (Wildman–Crippen MR) is 68.0 cm³/mol. The van der Waals surface area contributed by atoms with Crippen LogP contribution in [-0.4, -0.2) is 18.2 Å². The summed E-state index contributed by atoms with van der Waals surface area (Å²) in [5.74, 6) is -0.567. The van der Waals surface area contributed by atoms with E-state index in [0.717, 1.165) is 11.0 Å². The molecule has 92 valence electrons. The lowest BCUT2D eigenvalue weighted by atomic mass is 10.2. The molecule has 4 heteroatoms. The molecule has 0 aliphatic rings. The first-order chi connectivity index (χ1) is 8.70. The van der Waals surface area contributed by atoms with Gasteiger partial charge in [0.1, 0.15) is 11.3 Å². The molecule has 0 bridgehead atoms. The number of allylic oxidation sites excluding steroid dienone is 2. The van der Waals surface area contributed by atoms with Crippen molar-refractivity contribution in [1.82, 2.24) is 0 Å². The van der Waals surface area contributed by atoms with Gasteiger partial charge in [-0.1, -0.05) is 24.3 Å². The molecule has 1 aromatic carbocycles. The second-order valence-corrected chi connectivity index (χ2v) is 3.59. The van der Waals surface area contributed by atoms with Crippen molar-refractivity contribution in [3.63, 3.8) is 0 Å².